The summed E-state index contributed by atoms with van der Waals surface area (Å²) in [6.07, 6.45) is -2.83. The van der Waals surface area contributed by atoms with Gasteiger partial charge in [0.05, 0.1) is 39.9 Å². The van der Waals surface area contributed by atoms with E-state index in [0.29, 0.717) is 23.0 Å². The highest BCUT2D eigenvalue weighted by atomic mass is 32.2. The summed E-state index contributed by atoms with van der Waals surface area (Å²) in [5, 5.41) is -0.0177. The molecular weight excluding hydrogens is 501 g/mol. The van der Waals surface area contributed by atoms with Crippen molar-refractivity contribution in [1.82, 2.24) is 19.4 Å². The lowest BCUT2D eigenvalue weighted by molar-refractivity contribution is -0.153. The minimum absolute atomic E-state index is 0.0177. The number of hydrogen-bond donors (Lipinski definition) is 0. The van der Waals surface area contributed by atoms with Crippen LogP contribution in [0.3, 0.4) is 0 Å². The zero-order valence-electron chi connectivity index (χ0n) is 19.9. The molecule has 2 aromatic heterocycles. The van der Waals surface area contributed by atoms with E-state index in [1.165, 1.54) is 35.6 Å². The van der Waals surface area contributed by atoms with Crippen molar-refractivity contribution in [3.8, 4) is 5.75 Å². The Morgan fingerprint density at radius 2 is 1.92 bits per heavy atom. The molecular formula is C23H25F3N4O5S. The molecule has 0 bridgehead atoms. The van der Waals surface area contributed by atoms with E-state index in [0.717, 1.165) is 0 Å². The van der Waals surface area contributed by atoms with E-state index in [2.05, 4.69) is 9.97 Å². The van der Waals surface area contributed by atoms with Gasteiger partial charge in [-0.3, -0.25) is 14.0 Å². The van der Waals surface area contributed by atoms with Crippen molar-refractivity contribution in [1.29, 1.82) is 0 Å². The second-order valence-electron chi connectivity index (χ2n) is 7.89. The minimum atomic E-state index is -4.51. The third-order valence-corrected chi connectivity index (χ3v) is 6.33. The van der Waals surface area contributed by atoms with Gasteiger partial charge in [0, 0.05) is 32.3 Å². The summed E-state index contributed by atoms with van der Waals surface area (Å²) in [7, 11) is -0.314. The highest BCUT2D eigenvalue weighted by Gasteiger charge is 2.29. The predicted octanol–water partition coefficient (Wildman–Crippen LogP) is 3.84. The summed E-state index contributed by atoms with van der Waals surface area (Å²) in [4.78, 5) is 34.2. The van der Waals surface area contributed by atoms with E-state index in [1.54, 1.807) is 31.3 Å². The monoisotopic (exact) mass is 526 g/mol. The molecule has 1 amide bonds. The first-order valence-electron chi connectivity index (χ1n) is 10.9. The molecule has 0 fully saturated rings. The van der Waals surface area contributed by atoms with Crippen molar-refractivity contribution in [3.63, 3.8) is 0 Å². The van der Waals surface area contributed by atoms with Gasteiger partial charge in [-0.15, -0.1) is 0 Å². The maximum atomic E-state index is 13.4. The van der Waals surface area contributed by atoms with Crippen molar-refractivity contribution in [3.05, 3.63) is 47.8 Å². The van der Waals surface area contributed by atoms with E-state index < -0.39 is 35.6 Å². The third kappa shape index (κ3) is 6.80. The van der Waals surface area contributed by atoms with Gasteiger partial charge in [-0.05, 0) is 31.5 Å². The maximum Gasteiger partial charge on any atom is 0.422 e. The topological polar surface area (TPSA) is 104 Å². The van der Waals surface area contributed by atoms with E-state index in [1.807, 2.05) is 0 Å². The summed E-state index contributed by atoms with van der Waals surface area (Å²) in [5.41, 5.74) is 1.47. The summed E-state index contributed by atoms with van der Waals surface area (Å²) >= 11 is 0. The van der Waals surface area contributed by atoms with Gasteiger partial charge < -0.3 is 14.4 Å². The molecule has 3 rings (SSSR count). The van der Waals surface area contributed by atoms with Gasteiger partial charge in [-0.2, -0.15) is 13.2 Å². The molecule has 194 valence electrons. The molecule has 9 nitrogen and oxygen atoms in total. The van der Waals surface area contributed by atoms with Crippen LogP contribution < -0.4 is 4.74 Å². The fourth-order valence-electron chi connectivity index (χ4n) is 3.33. The number of esters is 1. The largest absolute Gasteiger partial charge is 0.484 e. The molecule has 1 aromatic carbocycles. The number of halogens is 3. The number of para-hydroxylation sites is 2. The Morgan fingerprint density at radius 1 is 1.19 bits per heavy atom. The van der Waals surface area contributed by atoms with Crippen LogP contribution in [0, 0.1) is 6.92 Å². The molecule has 0 saturated carbocycles. The van der Waals surface area contributed by atoms with Crippen LogP contribution in [-0.4, -0.2) is 68.6 Å². The number of ether oxygens (including phenoxy) is 2. The first kappa shape index (κ1) is 27.1. The number of carbonyl (C=O) groups excluding carboxylic acids is 2. The summed E-state index contributed by atoms with van der Waals surface area (Å²) in [6, 6.07) is 7.61. The molecule has 2 heterocycles. The Kier molecular flexibility index (Phi) is 8.66. The lowest BCUT2D eigenvalue weighted by atomic mass is 10.2. The average Bonchev–Trinajstić information content (AvgIpc) is 3.20. The van der Waals surface area contributed by atoms with E-state index >= 15 is 0 Å². The van der Waals surface area contributed by atoms with E-state index in [9.17, 15) is 27.0 Å². The Hall–Kier alpha value is -3.48. The number of hydrogen-bond acceptors (Lipinski definition) is 7. The van der Waals surface area contributed by atoms with Crippen LogP contribution in [0.25, 0.3) is 11.0 Å². The zero-order valence-corrected chi connectivity index (χ0v) is 20.7. The Bertz CT molecular complexity index is 1280. The summed E-state index contributed by atoms with van der Waals surface area (Å²) in [5.74, 6) is -0.632. The van der Waals surface area contributed by atoms with Crippen LogP contribution in [0.1, 0.15) is 24.6 Å². The Labute approximate surface area is 207 Å². The molecule has 0 spiro atoms. The van der Waals surface area contributed by atoms with Crippen molar-refractivity contribution < 1.29 is 36.4 Å². The lowest BCUT2D eigenvalue weighted by Gasteiger charge is -2.19. The van der Waals surface area contributed by atoms with Crippen LogP contribution in [-0.2, 0) is 26.1 Å². The highest BCUT2D eigenvalue weighted by molar-refractivity contribution is 7.84. The molecule has 13 heteroatoms. The van der Waals surface area contributed by atoms with Gasteiger partial charge >= 0.3 is 18.2 Å². The number of rotatable bonds is 9. The van der Waals surface area contributed by atoms with Crippen molar-refractivity contribution >= 4 is 33.8 Å². The number of imidazole rings is 1. The number of alkyl halides is 3. The number of pyridine rings is 1. The van der Waals surface area contributed by atoms with E-state index in [4.69, 9.17) is 9.47 Å². The van der Waals surface area contributed by atoms with Crippen LogP contribution >= 0.6 is 0 Å². The molecule has 0 aliphatic rings. The Balaban J connectivity index is 1.86. The number of fused-ring (bicyclic) bond motifs is 1. The van der Waals surface area contributed by atoms with Crippen molar-refractivity contribution in [2.24, 2.45) is 0 Å². The fraction of sp³-hybridized carbons (Fsp3) is 0.391. The smallest absolute Gasteiger partial charge is 0.422 e. The average molecular weight is 527 g/mol. The summed E-state index contributed by atoms with van der Waals surface area (Å²) in [6.45, 7) is 1.77. The molecule has 0 aliphatic carbocycles. The van der Waals surface area contributed by atoms with Crippen LogP contribution in [0.15, 0.2) is 41.7 Å². The number of benzene rings is 1. The van der Waals surface area contributed by atoms with Crippen LogP contribution in [0.2, 0.25) is 0 Å². The number of carbonyl (C=O) groups is 2. The summed E-state index contributed by atoms with van der Waals surface area (Å²) < 4.78 is 62.1. The lowest BCUT2D eigenvalue weighted by Crippen LogP contribution is -2.33. The van der Waals surface area contributed by atoms with Gasteiger partial charge in [0.25, 0.3) is 0 Å². The quantitative estimate of drug-likeness (QED) is 0.308. The molecule has 0 saturated heterocycles. The molecule has 0 N–H and O–H groups in total. The molecule has 3 aromatic rings. The van der Waals surface area contributed by atoms with Crippen molar-refractivity contribution in [2.45, 2.75) is 37.4 Å². The van der Waals surface area contributed by atoms with Gasteiger partial charge in [0.1, 0.15) is 5.75 Å². The highest BCUT2D eigenvalue weighted by Crippen LogP contribution is 2.26. The molecule has 36 heavy (non-hydrogen) atoms. The van der Waals surface area contributed by atoms with Gasteiger partial charge in [0.2, 0.25) is 5.16 Å². The fourth-order valence-corrected chi connectivity index (χ4v) is 4.58. The Morgan fingerprint density at radius 3 is 2.61 bits per heavy atom. The second kappa shape index (κ2) is 11.5. The molecule has 1 unspecified atom stereocenters. The number of nitrogens with zero attached hydrogens (tertiary/aromatic N) is 4. The van der Waals surface area contributed by atoms with Gasteiger partial charge in [-0.25, -0.2) is 14.3 Å². The van der Waals surface area contributed by atoms with Crippen LogP contribution in [0.4, 0.5) is 18.0 Å². The van der Waals surface area contributed by atoms with Gasteiger partial charge in [-0.1, -0.05) is 12.1 Å². The standard InChI is InChI=1S/C23H25F3N4O5S/c1-15-18(27-10-9-20(15)35-14-23(24,25)26)13-36(33)21-28-17-7-4-5-8-19(17)30(21)22(32)29(3)11-6-12-34-16(2)31/h4-5,7-10H,6,11-14H2,1-3H3. The third-order valence-electron chi connectivity index (χ3n) is 5.11. The maximum absolute atomic E-state index is 13.4. The van der Waals surface area contributed by atoms with Gasteiger partial charge in [0.15, 0.2) is 6.61 Å². The number of amides is 1. The zero-order chi connectivity index (χ0) is 26.5. The van der Waals surface area contributed by atoms with E-state index in [-0.39, 0.29) is 35.5 Å². The molecule has 0 radical (unpaired) electrons. The molecule has 1 atom stereocenters. The first-order chi connectivity index (χ1) is 17.0. The van der Waals surface area contributed by atoms with Crippen LogP contribution in [0.5, 0.6) is 5.75 Å². The number of aromatic nitrogens is 3. The molecule has 0 aliphatic heterocycles. The minimum Gasteiger partial charge on any atom is -0.484 e. The van der Waals surface area contributed by atoms with Crippen molar-refractivity contribution in [2.75, 3.05) is 26.8 Å². The second-order valence-corrected chi connectivity index (χ2v) is 9.24. The normalized spacial score (nSPS) is 12.4. The SMILES string of the molecule is CC(=O)OCCCN(C)C(=O)n1c(S(=O)Cc2nccc(OCC(F)(F)F)c2C)nc2ccccc21. The first-order valence-corrected chi connectivity index (χ1v) is 12.2. The predicted molar refractivity (Wildman–Crippen MR) is 125 cm³/mol.